The van der Waals surface area contributed by atoms with Crippen molar-refractivity contribution in [2.24, 2.45) is 0 Å². The lowest BCUT2D eigenvalue weighted by Crippen LogP contribution is -2.01. The third-order valence-corrected chi connectivity index (χ3v) is 2.86. The number of nitrogens with zero attached hydrogens (tertiary/aromatic N) is 1. The second kappa shape index (κ2) is 6.34. The largest absolute Gasteiger partial charge is 0.489 e. The summed E-state index contributed by atoms with van der Waals surface area (Å²) in [6.07, 6.45) is 0.779. The van der Waals surface area contributed by atoms with Crippen molar-refractivity contribution in [1.29, 1.82) is 0 Å². The van der Waals surface area contributed by atoms with Gasteiger partial charge in [-0.1, -0.05) is 0 Å². The predicted octanol–water partition coefficient (Wildman–Crippen LogP) is 2.86. The number of halogens is 1. The standard InChI is InChI=1S/C15H16FNO3/c1-10(18)13-6-5-12(8-14(13)16)20-9-11-4-3-7-17-15(11)19-2/h3-8,10,18H,9H2,1-2H3/t10-/m1/s1. The van der Waals surface area contributed by atoms with Crippen LogP contribution in [0.25, 0.3) is 0 Å². The van der Waals surface area contributed by atoms with Crippen LogP contribution < -0.4 is 9.47 Å². The van der Waals surface area contributed by atoms with E-state index >= 15 is 0 Å². The highest BCUT2D eigenvalue weighted by Crippen LogP contribution is 2.23. The van der Waals surface area contributed by atoms with Crippen LogP contribution in [0.5, 0.6) is 11.6 Å². The summed E-state index contributed by atoms with van der Waals surface area (Å²) < 4.78 is 24.3. The van der Waals surface area contributed by atoms with Crippen LogP contribution in [0.1, 0.15) is 24.2 Å². The maximum Gasteiger partial charge on any atom is 0.219 e. The molecule has 0 fully saturated rings. The Kier molecular flexibility index (Phi) is 4.53. The Hall–Kier alpha value is -2.14. The maximum atomic E-state index is 13.7. The molecule has 1 aromatic heterocycles. The number of pyridine rings is 1. The number of hydrogen-bond donors (Lipinski definition) is 1. The molecule has 0 bridgehead atoms. The van der Waals surface area contributed by atoms with Crippen LogP contribution >= 0.6 is 0 Å². The Morgan fingerprint density at radius 2 is 2.15 bits per heavy atom. The van der Waals surface area contributed by atoms with Crippen LogP contribution in [0.15, 0.2) is 36.5 Å². The summed E-state index contributed by atoms with van der Waals surface area (Å²) in [5.74, 6) is 0.377. The Morgan fingerprint density at radius 1 is 1.35 bits per heavy atom. The van der Waals surface area contributed by atoms with Crippen LogP contribution in [0.3, 0.4) is 0 Å². The summed E-state index contributed by atoms with van der Waals surface area (Å²) in [6.45, 7) is 1.74. The lowest BCUT2D eigenvalue weighted by atomic mass is 10.1. The number of aliphatic hydroxyl groups is 1. The van der Waals surface area contributed by atoms with Gasteiger partial charge in [-0.15, -0.1) is 0 Å². The molecular weight excluding hydrogens is 261 g/mol. The SMILES string of the molecule is COc1ncccc1COc1ccc([C@@H](C)O)c(F)c1. The van der Waals surface area contributed by atoms with Gasteiger partial charge in [-0.2, -0.15) is 0 Å². The van der Waals surface area contributed by atoms with Gasteiger partial charge in [0.25, 0.3) is 0 Å². The molecule has 0 unspecified atom stereocenters. The van der Waals surface area contributed by atoms with E-state index in [0.717, 1.165) is 5.56 Å². The van der Waals surface area contributed by atoms with Gasteiger partial charge in [-0.3, -0.25) is 0 Å². The van der Waals surface area contributed by atoms with Gasteiger partial charge in [0.05, 0.1) is 18.8 Å². The first kappa shape index (κ1) is 14.3. The number of methoxy groups -OCH3 is 1. The van der Waals surface area contributed by atoms with E-state index in [1.54, 1.807) is 18.3 Å². The highest BCUT2D eigenvalue weighted by molar-refractivity contribution is 5.31. The summed E-state index contributed by atoms with van der Waals surface area (Å²) >= 11 is 0. The van der Waals surface area contributed by atoms with Gasteiger partial charge in [0, 0.05) is 17.8 Å². The van der Waals surface area contributed by atoms with E-state index in [9.17, 15) is 9.50 Å². The first-order valence-corrected chi connectivity index (χ1v) is 6.20. The highest BCUT2D eigenvalue weighted by atomic mass is 19.1. The average molecular weight is 277 g/mol. The molecule has 0 aliphatic rings. The number of hydrogen-bond acceptors (Lipinski definition) is 4. The van der Waals surface area contributed by atoms with E-state index in [2.05, 4.69) is 4.98 Å². The second-order valence-electron chi connectivity index (χ2n) is 4.32. The lowest BCUT2D eigenvalue weighted by molar-refractivity contribution is 0.193. The monoisotopic (exact) mass is 277 g/mol. The molecule has 1 aromatic carbocycles. The van der Waals surface area contributed by atoms with E-state index in [1.165, 1.54) is 26.2 Å². The molecule has 2 aromatic rings. The first-order valence-electron chi connectivity index (χ1n) is 6.20. The van der Waals surface area contributed by atoms with Gasteiger partial charge in [0.15, 0.2) is 0 Å². The zero-order valence-corrected chi connectivity index (χ0v) is 11.3. The normalized spacial score (nSPS) is 12.0. The van der Waals surface area contributed by atoms with Crippen molar-refractivity contribution in [3.8, 4) is 11.6 Å². The lowest BCUT2D eigenvalue weighted by Gasteiger charge is -2.11. The molecule has 4 nitrogen and oxygen atoms in total. The average Bonchev–Trinajstić information content (AvgIpc) is 2.45. The Morgan fingerprint density at radius 3 is 2.80 bits per heavy atom. The van der Waals surface area contributed by atoms with Gasteiger partial charge in [-0.25, -0.2) is 9.37 Å². The minimum Gasteiger partial charge on any atom is -0.489 e. The van der Waals surface area contributed by atoms with Crippen LogP contribution in [0.2, 0.25) is 0 Å². The fraction of sp³-hybridized carbons (Fsp3) is 0.267. The van der Waals surface area contributed by atoms with Gasteiger partial charge >= 0.3 is 0 Å². The molecular formula is C15H16FNO3. The Balaban J connectivity index is 2.09. The molecule has 106 valence electrons. The van der Waals surface area contributed by atoms with Crippen molar-refractivity contribution in [3.63, 3.8) is 0 Å². The van der Waals surface area contributed by atoms with E-state index < -0.39 is 11.9 Å². The Bertz CT molecular complexity index is 587. The summed E-state index contributed by atoms with van der Waals surface area (Å²) in [7, 11) is 1.53. The smallest absolute Gasteiger partial charge is 0.219 e. The highest BCUT2D eigenvalue weighted by Gasteiger charge is 2.10. The molecule has 0 spiro atoms. The zero-order valence-electron chi connectivity index (χ0n) is 11.3. The number of ether oxygens (including phenoxy) is 2. The van der Waals surface area contributed by atoms with Gasteiger partial charge < -0.3 is 14.6 Å². The molecule has 0 saturated heterocycles. The maximum absolute atomic E-state index is 13.7. The number of aromatic nitrogens is 1. The molecule has 0 amide bonds. The molecule has 2 rings (SSSR count). The van der Waals surface area contributed by atoms with Gasteiger partial charge in [0.2, 0.25) is 5.88 Å². The van der Waals surface area contributed by atoms with Crippen LogP contribution in [0.4, 0.5) is 4.39 Å². The van der Waals surface area contributed by atoms with E-state index in [4.69, 9.17) is 9.47 Å². The minimum atomic E-state index is -0.845. The van der Waals surface area contributed by atoms with E-state index in [1.807, 2.05) is 6.07 Å². The van der Waals surface area contributed by atoms with Crippen molar-refractivity contribution in [3.05, 3.63) is 53.5 Å². The third kappa shape index (κ3) is 3.24. The molecule has 0 aliphatic heterocycles. The van der Waals surface area contributed by atoms with Gasteiger partial charge in [0.1, 0.15) is 18.2 Å². The van der Waals surface area contributed by atoms with E-state index in [0.29, 0.717) is 11.6 Å². The number of rotatable bonds is 5. The molecule has 0 aliphatic carbocycles. The Labute approximate surface area is 116 Å². The first-order chi connectivity index (χ1) is 9.61. The van der Waals surface area contributed by atoms with E-state index in [-0.39, 0.29) is 12.2 Å². The van der Waals surface area contributed by atoms with Crippen LogP contribution in [-0.2, 0) is 6.61 Å². The van der Waals surface area contributed by atoms with Gasteiger partial charge in [-0.05, 0) is 31.2 Å². The molecule has 1 heterocycles. The van der Waals surface area contributed by atoms with Crippen molar-refractivity contribution in [2.45, 2.75) is 19.6 Å². The fourth-order valence-corrected chi connectivity index (χ4v) is 1.82. The summed E-state index contributed by atoms with van der Waals surface area (Å²) in [4.78, 5) is 4.05. The van der Waals surface area contributed by atoms with Crippen molar-refractivity contribution < 1.29 is 19.0 Å². The predicted molar refractivity (Wildman–Crippen MR) is 72.2 cm³/mol. The molecule has 0 radical (unpaired) electrons. The zero-order chi connectivity index (χ0) is 14.5. The molecule has 1 N–H and O–H groups in total. The molecule has 20 heavy (non-hydrogen) atoms. The van der Waals surface area contributed by atoms with Crippen LogP contribution in [-0.4, -0.2) is 17.2 Å². The fourth-order valence-electron chi connectivity index (χ4n) is 1.82. The molecule has 0 saturated carbocycles. The van der Waals surface area contributed by atoms with Crippen molar-refractivity contribution in [1.82, 2.24) is 4.98 Å². The number of benzene rings is 1. The summed E-state index contributed by atoms with van der Waals surface area (Å²) in [5.41, 5.74) is 1.02. The quantitative estimate of drug-likeness (QED) is 0.913. The molecule has 5 heteroatoms. The molecule has 1 atom stereocenters. The van der Waals surface area contributed by atoms with Crippen LogP contribution in [0, 0.1) is 5.82 Å². The third-order valence-electron chi connectivity index (χ3n) is 2.86. The number of aliphatic hydroxyl groups excluding tert-OH is 1. The minimum absolute atomic E-state index is 0.227. The van der Waals surface area contributed by atoms with Crippen molar-refractivity contribution in [2.75, 3.05) is 7.11 Å². The topological polar surface area (TPSA) is 51.6 Å². The summed E-state index contributed by atoms with van der Waals surface area (Å²) in [6, 6.07) is 7.99. The van der Waals surface area contributed by atoms with Crippen molar-refractivity contribution >= 4 is 0 Å². The second-order valence-corrected chi connectivity index (χ2v) is 4.32. The summed E-state index contributed by atoms with van der Waals surface area (Å²) in [5, 5.41) is 9.37.